The molecule has 0 aliphatic carbocycles. The maximum Gasteiger partial charge on any atom is 0.147 e. The van der Waals surface area contributed by atoms with E-state index in [4.69, 9.17) is 14.4 Å². The first-order valence-corrected chi connectivity index (χ1v) is 14.9. The minimum Gasteiger partial charge on any atom is -0.455 e. The van der Waals surface area contributed by atoms with Crippen LogP contribution >= 0.6 is 0 Å². The van der Waals surface area contributed by atoms with Crippen molar-refractivity contribution in [3.05, 3.63) is 146 Å². The molecule has 0 amide bonds. The molecule has 0 spiro atoms. The SMILES string of the molecule is c1ccc(-c2cc(-c3ccc4c(c3)nc(-c3cccc5ccccc35)c3c5ccccc5oc43)cc(-c3ccccn3)n2)nc1. The summed E-state index contributed by atoms with van der Waals surface area (Å²) in [6.45, 7) is 0. The lowest BCUT2D eigenvalue weighted by molar-refractivity contribution is 0.672. The highest BCUT2D eigenvalue weighted by molar-refractivity contribution is 6.21. The number of nitrogens with zero attached hydrogens (tertiary/aromatic N) is 4. The van der Waals surface area contributed by atoms with Crippen LogP contribution in [0.5, 0.6) is 0 Å². The van der Waals surface area contributed by atoms with Crippen molar-refractivity contribution in [3.8, 4) is 45.2 Å². The van der Waals surface area contributed by atoms with E-state index in [9.17, 15) is 0 Å². The van der Waals surface area contributed by atoms with Crippen LogP contribution in [0, 0.1) is 0 Å². The van der Waals surface area contributed by atoms with E-state index >= 15 is 0 Å². The van der Waals surface area contributed by atoms with Gasteiger partial charge in [-0.2, -0.15) is 0 Å². The third-order valence-corrected chi connectivity index (χ3v) is 8.36. The van der Waals surface area contributed by atoms with Crippen LogP contribution in [0.3, 0.4) is 0 Å². The zero-order valence-electron chi connectivity index (χ0n) is 24.1. The summed E-state index contributed by atoms with van der Waals surface area (Å²) in [5.41, 5.74) is 9.74. The Bertz CT molecular complexity index is 2480. The third-order valence-electron chi connectivity index (χ3n) is 8.36. The van der Waals surface area contributed by atoms with Crippen molar-refractivity contribution >= 4 is 43.6 Å². The monoisotopic (exact) mass is 576 g/mol. The molecule has 5 nitrogen and oxygen atoms in total. The van der Waals surface area contributed by atoms with Gasteiger partial charge in [0.25, 0.3) is 0 Å². The van der Waals surface area contributed by atoms with E-state index in [1.807, 2.05) is 48.5 Å². The third kappa shape index (κ3) is 4.25. The lowest BCUT2D eigenvalue weighted by Gasteiger charge is -2.12. The molecule has 5 heterocycles. The largest absolute Gasteiger partial charge is 0.455 e. The molecule has 210 valence electrons. The molecule has 0 atom stereocenters. The molecule has 0 fully saturated rings. The van der Waals surface area contributed by atoms with Crippen molar-refractivity contribution in [3.63, 3.8) is 0 Å². The fourth-order valence-electron chi connectivity index (χ4n) is 6.26. The number of benzene rings is 4. The van der Waals surface area contributed by atoms with Crippen LogP contribution < -0.4 is 0 Å². The van der Waals surface area contributed by atoms with E-state index < -0.39 is 0 Å². The summed E-state index contributed by atoms with van der Waals surface area (Å²) in [5.74, 6) is 0. The second kappa shape index (κ2) is 10.2. The smallest absolute Gasteiger partial charge is 0.147 e. The molecular weight excluding hydrogens is 552 g/mol. The summed E-state index contributed by atoms with van der Waals surface area (Å²) in [4.78, 5) is 19.5. The van der Waals surface area contributed by atoms with E-state index in [0.717, 1.165) is 83.4 Å². The number of para-hydroxylation sites is 1. The fourth-order valence-corrected chi connectivity index (χ4v) is 6.26. The maximum atomic E-state index is 6.57. The zero-order valence-corrected chi connectivity index (χ0v) is 24.1. The average Bonchev–Trinajstić information content (AvgIpc) is 3.51. The van der Waals surface area contributed by atoms with Crippen LogP contribution in [-0.4, -0.2) is 19.9 Å². The number of rotatable bonds is 4. The summed E-state index contributed by atoms with van der Waals surface area (Å²) in [6.07, 6.45) is 3.58. The Hall–Kier alpha value is -6.20. The average molecular weight is 577 g/mol. The lowest BCUT2D eigenvalue weighted by atomic mass is 9.96. The lowest BCUT2D eigenvalue weighted by Crippen LogP contribution is -1.94. The molecule has 9 rings (SSSR count). The van der Waals surface area contributed by atoms with Gasteiger partial charge in [0.2, 0.25) is 0 Å². The van der Waals surface area contributed by atoms with E-state index in [-0.39, 0.29) is 0 Å². The van der Waals surface area contributed by atoms with Gasteiger partial charge in [-0.05, 0) is 76.5 Å². The van der Waals surface area contributed by atoms with Crippen molar-refractivity contribution < 1.29 is 4.42 Å². The van der Waals surface area contributed by atoms with Crippen LogP contribution in [0.25, 0.3) is 88.8 Å². The minimum absolute atomic E-state index is 0.783. The molecule has 5 heteroatoms. The van der Waals surface area contributed by atoms with Crippen molar-refractivity contribution in [1.29, 1.82) is 0 Å². The van der Waals surface area contributed by atoms with E-state index in [1.54, 1.807) is 12.4 Å². The number of furan rings is 1. The van der Waals surface area contributed by atoms with Gasteiger partial charge in [-0.15, -0.1) is 0 Å². The summed E-state index contributed by atoms with van der Waals surface area (Å²) >= 11 is 0. The van der Waals surface area contributed by atoms with Crippen molar-refractivity contribution in [2.75, 3.05) is 0 Å². The Morgan fingerprint density at radius 1 is 0.467 bits per heavy atom. The van der Waals surface area contributed by atoms with Crippen LogP contribution in [0.15, 0.2) is 150 Å². The van der Waals surface area contributed by atoms with Gasteiger partial charge < -0.3 is 4.42 Å². The van der Waals surface area contributed by atoms with Crippen molar-refractivity contribution in [2.24, 2.45) is 0 Å². The predicted molar refractivity (Wildman–Crippen MR) is 182 cm³/mol. The summed E-state index contributed by atoms with van der Waals surface area (Å²) in [6, 6.07) is 45.4. The highest BCUT2D eigenvalue weighted by Crippen LogP contribution is 2.42. The molecule has 0 saturated carbocycles. The van der Waals surface area contributed by atoms with Gasteiger partial charge in [-0.1, -0.05) is 78.9 Å². The second-order valence-corrected chi connectivity index (χ2v) is 11.1. The highest BCUT2D eigenvalue weighted by Gasteiger charge is 2.20. The summed E-state index contributed by atoms with van der Waals surface area (Å²) in [5, 5.41) is 5.39. The van der Waals surface area contributed by atoms with Gasteiger partial charge in [0.15, 0.2) is 0 Å². The molecule has 0 unspecified atom stereocenters. The van der Waals surface area contributed by atoms with Gasteiger partial charge in [0, 0.05) is 28.7 Å². The summed E-state index contributed by atoms with van der Waals surface area (Å²) < 4.78 is 6.57. The Balaban J connectivity index is 1.32. The molecule has 0 aliphatic rings. The molecule has 0 radical (unpaired) electrons. The maximum absolute atomic E-state index is 6.57. The van der Waals surface area contributed by atoms with E-state index in [0.29, 0.717) is 0 Å². The van der Waals surface area contributed by atoms with Crippen molar-refractivity contribution in [1.82, 2.24) is 19.9 Å². The first-order valence-electron chi connectivity index (χ1n) is 14.9. The van der Waals surface area contributed by atoms with Gasteiger partial charge in [-0.3, -0.25) is 9.97 Å². The normalized spacial score (nSPS) is 11.6. The van der Waals surface area contributed by atoms with Crippen LogP contribution in [-0.2, 0) is 0 Å². The van der Waals surface area contributed by atoms with Gasteiger partial charge in [-0.25, -0.2) is 9.97 Å². The number of pyridine rings is 4. The number of aromatic nitrogens is 4. The second-order valence-electron chi connectivity index (χ2n) is 11.1. The van der Waals surface area contributed by atoms with Crippen molar-refractivity contribution in [2.45, 2.75) is 0 Å². The molecule has 0 saturated heterocycles. The Morgan fingerprint density at radius 3 is 1.91 bits per heavy atom. The molecule has 9 aromatic rings. The topological polar surface area (TPSA) is 64.7 Å². The Kier molecular flexibility index (Phi) is 5.74. The van der Waals surface area contributed by atoms with Crippen LogP contribution in [0.2, 0.25) is 0 Å². The Labute approximate surface area is 258 Å². The molecule has 4 aromatic carbocycles. The molecule has 0 aliphatic heterocycles. The van der Waals surface area contributed by atoms with Crippen LogP contribution in [0.4, 0.5) is 0 Å². The molecule has 0 bridgehead atoms. The zero-order chi connectivity index (χ0) is 29.7. The number of hydrogen-bond donors (Lipinski definition) is 0. The van der Waals surface area contributed by atoms with Gasteiger partial charge in [0.05, 0.1) is 39.4 Å². The molecule has 5 aromatic heterocycles. The fraction of sp³-hybridized carbons (Fsp3) is 0. The van der Waals surface area contributed by atoms with E-state index in [2.05, 4.69) is 94.9 Å². The predicted octanol–water partition coefficient (Wildman–Crippen LogP) is 10.1. The number of hydrogen-bond acceptors (Lipinski definition) is 5. The Morgan fingerprint density at radius 2 is 1.16 bits per heavy atom. The highest BCUT2D eigenvalue weighted by atomic mass is 16.3. The first kappa shape index (κ1) is 25.3. The minimum atomic E-state index is 0.783. The molecule has 0 N–H and O–H groups in total. The molecule has 45 heavy (non-hydrogen) atoms. The molecular formula is C40H24N4O. The first-order chi connectivity index (χ1) is 22.3. The summed E-state index contributed by atoms with van der Waals surface area (Å²) in [7, 11) is 0. The van der Waals surface area contributed by atoms with Gasteiger partial charge in [0.1, 0.15) is 11.2 Å². The number of fused-ring (bicyclic) bond motifs is 6. The standard InChI is InChI=1S/C40H24N4O/c1-2-12-28-25(10-1)11-9-14-29(28)39-38-31-13-3-4-17-37(31)45-40(38)30-19-18-26(22-34(30)44-39)27-23-35(32-15-5-7-20-41-32)43-36(24-27)33-16-6-8-21-42-33/h1-24H. The van der Waals surface area contributed by atoms with E-state index in [1.165, 1.54) is 5.39 Å². The quantitative estimate of drug-likeness (QED) is 0.209. The van der Waals surface area contributed by atoms with Gasteiger partial charge >= 0.3 is 0 Å². The van der Waals surface area contributed by atoms with Crippen LogP contribution in [0.1, 0.15) is 0 Å².